The molecule has 0 aromatic rings. The monoisotopic (exact) mass is 282 g/mol. The molecule has 0 unspecified atom stereocenters. The average molecular weight is 282 g/mol. The van der Waals surface area contributed by atoms with Crippen LogP contribution in [-0.2, 0) is 9.59 Å². The van der Waals surface area contributed by atoms with E-state index in [9.17, 15) is 14.4 Å². The normalized spacial score (nSPS) is 27.6. The van der Waals surface area contributed by atoms with Crippen LogP contribution in [0.2, 0.25) is 0 Å². The second kappa shape index (κ2) is 5.78. The maximum atomic E-state index is 12.1. The van der Waals surface area contributed by atoms with Crippen molar-refractivity contribution in [3.63, 3.8) is 0 Å². The molecule has 0 bridgehead atoms. The second-order valence-corrected chi connectivity index (χ2v) is 5.63. The molecule has 7 nitrogen and oxygen atoms in total. The standard InChI is InChI=1S/C13H22N4O3/c1-3-13(2)11(19)17(12(20)14-13)15-10(18)9-16-7-5-4-6-8-16/h3-9H2,1-2H3,(H,14,20)(H,15,18)/t13-/m1/s1. The Labute approximate surface area is 118 Å². The Morgan fingerprint density at radius 1 is 1.30 bits per heavy atom. The number of amides is 4. The lowest BCUT2D eigenvalue weighted by Crippen LogP contribution is -2.51. The van der Waals surface area contributed by atoms with Crippen LogP contribution in [-0.4, -0.2) is 52.9 Å². The van der Waals surface area contributed by atoms with Gasteiger partial charge in [0.15, 0.2) is 0 Å². The van der Waals surface area contributed by atoms with Crippen molar-refractivity contribution in [2.75, 3.05) is 19.6 Å². The molecule has 0 aliphatic carbocycles. The maximum absolute atomic E-state index is 12.1. The van der Waals surface area contributed by atoms with Crippen molar-refractivity contribution < 1.29 is 14.4 Å². The van der Waals surface area contributed by atoms with E-state index in [1.165, 1.54) is 6.42 Å². The average Bonchev–Trinajstić information content (AvgIpc) is 2.64. The lowest BCUT2D eigenvalue weighted by Gasteiger charge is -2.26. The van der Waals surface area contributed by atoms with Crippen LogP contribution in [0, 0.1) is 0 Å². The molecule has 0 saturated carbocycles. The van der Waals surface area contributed by atoms with E-state index in [1.807, 2.05) is 11.8 Å². The molecule has 2 heterocycles. The first kappa shape index (κ1) is 14.8. The minimum atomic E-state index is -0.921. The second-order valence-electron chi connectivity index (χ2n) is 5.63. The summed E-state index contributed by atoms with van der Waals surface area (Å²) in [5, 5.41) is 3.40. The van der Waals surface area contributed by atoms with E-state index >= 15 is 0 Å². The van der Waals surface area contributed by atoms with Gasteiger partial charge in [-0.2, -0.15) is 5.01 Å². The fraction of sp³-hybridized carbons (Fsp3) is 0.769. The third-order valence-electron chi connectivity index (χ3n) is 4.02. The molecular weight excluding hydrogens is 260 g/mol. The van der Waals surface area contributed by atoms with Gasteiger partial charge < -0.3 is 5.32 Å². The van der Waals surface area contributed by atoms with Gasteiger partial charge in [-0.05, 0) is 39.3 Å². The Kier molecular flexibility index (Phi) is 4.27. The van der Waals surface area contributed by atoms with Gasteiger partial charge in [0.05, 0.1) is 6.54 Å². The van der Waals surface area contributed by atoms with Crippen LogP contribution in [0.15, 0.2) is 0 Å². The molecule has 0 spiro atoms. The third-order valence-corrected chi connectivity index (χ3v) is 4.02. The molecule has 2 aliphatic heterocycles. The zero-order valence-electron chi connectivity index (χ0n) is 12.1. The van der Waals surface area contributed by atoms with E-state index in [1.54, 1.807) is 6.92 Å². The van der Waals surface area contributed by atoms with Gasteiger partial charge in [0.25, 0.3) is 11.8 Å². The van der Waals surface area contributed by atoms with E-state index in [4.69, 9.17) is 0 Å². The number of nitrogens with zero attached hydrogens (tertiary/aromatic N) is 2. The van der Waals surface area contributed by atoms with Crippen molar-refractivity contribution in [3.8, 4) is 0 Å². The topological polar surface area (TPSA) is 81.8 Å². The highest BCUT2D eigenvalue weighted by Gasteiger charge is 2.47. The predicted octanol–water partition coefficient (Wildman–Crippen LogP) is 0.224. The van der Waals surface area contributed by atoms with E-state index in [-0.39, 0.29) is 12.5 Å². The van der Waals surface area contributed by atoms with Gasteiger partial charge in [-0.3, -0.25) is 19.9 Å². The number of hydrazine groups is 1. The highest BCUT2D eigenvalue weighted by atomic mass is 16.2. The summed E-state index contributed by atoms with van der Waals surface area (Å²) >= 11 is 0. The molecule has 4 amide bonds. The highest BCUT2D eigenvalue weighted by Crippen LogP contribution is 2.19. The number of piperidine rings is 1. The molecule has 2 aliphatic rings. The van der Waals surface area contributed by atoms with Gasteiger partial charge in [0, 0.05) is 0 Å². The van der Waals surface area contributed by atoms with Crippen LogP contribution < -0.4 is 10.7 Å². The SMILES string of the molecule is CC[C@@]1(C)NC(=O)N(NC(=O)CN2CCCCC2)C1=O. The lowest BCUT2D eigenvalue weighted by atomic mass is 10.00. The number of rotatable bonds is 4. The van der Waals surface area contributed by atoms with Crippen molar-refractivity contribution >= 4 is 17.8 Å². The van der Waals surface area contributed by atoms with Gasteiger partial charge in [-0.15, -0.1) is 0 Å². The van der Waals surface area contributed by atoms with Crippen molar-refractivity contribution in [2.45, 2.75) is 45.1 Å². The number of nitrogens with one attached hydrogen (secondary N) is 2. The summed E-state index contributed by atoms with van der Waals surface area (Å²) in [5.41, 5.74) is 1.49. The number of likely N-dealkylation sites (tertiary alicyclic amines) is 1. The summed E-state index contributed by atoms with van der Waals surface area (Å²) in [7, 11) is 0. The first-order chi connectivity index (χ1) is 9.46. The Hall–Kier alpha value is -1.63. The van der Waals surface area contributed by atoms with E-state index in [0.717, 1.165) is 30.9 Å². The van der Waals surface area contributed by atoms with Gasteiger partial charge in [-0.1, -0.05) is 13.3 Å². The van der Waals surface area contributed by atoms with Crippen LogP contribution in [0.1, 0.15) is 39.5 Å². The number of hydrogen-bond acceptors (Lipinski definition) is 4. The first-order valence-corrected chi connectivity index (χ1v) is 7.15. The largest absolute Gasteiger partial charge is 0.344 e. The Morgan fingerprint density at radius 3 is 2.50 bits per heavy atom. The fourth-order valence-electron chi connectivity index (χ4n) is 2.51. The van der Waals surface area contributed by atoms with Gasteiger partial charge in [0.2, 0.25) is 0 Å². The minimum absolute atomic E-state index is 0.222. The Bertz CT molecular complexity index is 420. The Balaban J connectivity index is 1.90. The quantitative estimate of drug-likeness (QED) is 0.723. The molecule has 7 heteroatoms. The molecule has 0 radical (unpaired) electrons. The fourth-order valence-corrected chi connectivity index (χ4v) is 2.51. The summed E-state index contributed by atoms with van der Waals surface area (Å²) in [6, 6.07) is -0.564. The summed E-state index contributed by atoms with van der Waals surface area (Å²) in [6.45, 7) is 5.47. The summed E-state index contributed by atoms with van der Waals surface area (Å²) in [6.07, 6.45) is 3.85. The van der Waals surface area contributed by atoms with Gasteiger partial charge >= 0.3 is 6.03 Å². The van der Waals surface area contributed by atoms with E-state index < -0.39 is 17.5 Å². The van der Waals surface area contributed by atoms with E-state index in [2.05, 4.69) is 10.7 Å². The van der Waals surface area contributed by atoms with Gasteiger partial charge in [-0.25, -0.2) is 4.79 Å². The van der Waals surface area contributed by atoms with Crippen molar-refractivity contribution in [2.24, 2.45) is 0 Å². The minimum Gasteiger partial charge on any atom is -0.322 e. The van der Waals surface area contributed by atoms with Crippen molar-refractivity contribution in [3.05, 3.63) is 0 Å². The van der Waals surface area contributed by atoms with Crippen LogP contribution in [0.5, 0.6) is 0 Å². The summed E-state index contributed by atoms with van der Waals surface area (Å²) in [4.78, 5) is 37.8. The molecule has 112 valence electrons. The zero-order valence-corrected chi connectivity index (χ0v) is 12.1. The maximum Gasteiger partial charge on any atom is 0.344 e. The third kappa shape index (κ3) is 2.92. The Morgan fingerprint density at radius 2 is 1.95 bits per heavy atom. The number of imide groups is 1. The van der Waals surface area contributed by atoms with Crippen molar-refractivity contribution in [1.82, 2.24) is 20.7 Å². The van der Waals surface area contributed by atoms with Crippen molar-refractivity contribution in [1.29, 1.82) is 0 Å². The smallest absolute Gasteiger partial charge is 0.322 e. The molecule has 2 rings (SSSR count). The number of hydrogen-bond donors (Lipinski definition) is 2. The number of carbonyl (C=O) groups is 3. The summed E-state index contributed by atoms with van der Waals surface area (Å²) in [5.74, 6) is -0.729. The van der Waals surface area contributed by atoms with Crippen LogP contribution in [0.4, 0.5) is 4.79 Å². The zero-order chi connectivity index (χ0) is 14.8. The number of urea groups is 1. The molecule has 2 saturated heterocycles. The molecule has 2 fully saturated rings. The molecule has 1 atom stereocenters. The van der Waals surface area contributed by atoms with Crippen LogP contribution in [0.3, 0.4) is 0 Å². The first-order valence-electron chi connectivity index (χ1n) is 7.15. The predicted molar refractivity (Wildman–Crippen MR) is 72.5 cm³/mol. The number of carbonyl (C=O) groups excluding carboxylic acids is 3. The lowest BCUT2D eigenvalue weighted by molar-refractivity contribution is -0.139. The van der Waals surface area contributed by atoms with Crippen LogP contribution in [0.25, 0.3) is 0 Å². The van der Waals surface area contributed by atoms with E-state index in [0.29, 0.717) is 6.42 Å². The molecule has 0 aromatic carbocycles. The van der Waals surface area contributed by atoms with Crippen LogP contribution >= 0.6 is 0 Å². The molecular formula is C13H22N4O3. The summed E-state index contributed by atoms with van der Waals surface area (Å²) < 4.78 is 0. The molecule has 20 heavy (non-hydrogen) atoms. The highest BCUT2D eigenvalue weighted by molar-refractivity contribution is 6.07. The van der Waals surface area contributed by atoms with Gasteiger partial charge in [0.1, 0.15) is 5.54 Å². The molecule has 0 aromatic heterocycles. The molecule has 2 N–H and O–H groups in total.